The van der Waals surface area contributed by atoms with Crippen LogP contribution in [0.15, 0.2) is 11.6 Å². The zero-order chi connectivity index (χ0) is 37.1. The zero-order valence-corrected chi connectivity index (χ0v) is 31.3. The quantitative estimate of drug-likeness (QED) is 0.201. The van der Waals surface area contributed by atoms with E-state index in [1.54, 1.807) is 0 Å². The van der Waals surface area contributed by atoms with Gasteiger partial charge in [-0.25, -0.2) is 0 Å². The molecule has 0 amide bonds. The third-order valence-corrected chi connectivity index (χ3v) is 15.8. The molecule has 0 unspecified atom stereocenters. The van der Waals surface area contributed by atoms with Crippen molar-refractivity contribution in [2.45, 2.75) is 177 Å². The maximum Gasteiger partial charge on any atom is 0.187 e. The van der Waals surface area contributed by atoms with Crippen molar-refractivity contribution in [1.29, 1.82) is 0 Å². The number of rotatable bonds is 5. The molecular formula is C39H62O13. The molecule has 7 N–H and O–H groups in total. The summed E-state index contributed by atoms with van der Waals surface area (Å²) < 4.78 is 37.3. The minimum Gasteiger partial charge on any atom is -0.394 e. The van der Waals surface area contributed by atoms with E-state index in [4.69, 9.17) is 28.4 Å². The SMILES string of the molecule is C[C@@H]1CC[C@@]2(OC1)O[C@H]1C[C@H]3[C@@H]4CC=C5C[C@@H](O[C@@H]6O[C@H](CO)[C@@H](O)[C@H](O)[C@H]6O[C@@H]6O[C@@H](C)[C@H](O)[C@@H](O)[C@H]6O)CC[C@]5(C)[C@H]4CC[C@]3(C)[C@@]1(O)[C@@H]2C. The van der Waals surface area contributed by atoms with E-state index in [9.17, 15) is 35.7 Å². The molecule has 4 aliphatic carbocycles. The number of fused-ring (bicyclic) bond motifs is 7. The van der Waals surface area contributed by atoms with Gasteiger partial charge >= 0.3 is 0 Å². The number of aliphatic hydroxyl groups is 7. The van der Waals surface area contributed by atoms with Crippen LogP contribution in [0.25, 0.3) is 0 Å². The lowest BCUT2D eigenvalue weighted by Crippen LogP contribution is -2.64. The molecule has 0 aromatic rings. The maximum atomic E-state index is 12.7. The molecule has 4 saturated heterocycles. The fourth-order valence-electron chi connectivity index (χ4n) is 12.5. The molecule has 13 heteroatoms. The van der Waals surface area contributed by atoms with Crippen molar-refractivity contribution in [3.63, 3.8) is 0 Å². The second kappa shape index (κ2) is 13.4. The summed E-state index contributed by atoms with van der Waals surface area (Å²) in [4.78, 5) is 0. The minimum atomic E-state index is -1.62. The van der Waals surface area contributed by atoms with Gasteiger partial charge in [-0.05, 0) is 87.4 Å². The standard InChI is InChI=1S/C39H62O13/c1-18-8-13-38(47-17-18)20(3)39(46)27(52-38)15-25-23-7-6-21-14-22(9-11-36(21,4)24(23)10-12-37(25,39)5)49-35-33(31(44)29(42)26(16-40)50-35)51-34-32(45)30(43)28(41)19(2)48-34/h6,18-20,22-35,40-46H,7-17H2,1-5H3/t18-,19+,20-,22+,23-,24+,25+,26-,27+,28+,29-,30-,31+,32-,33-,34+,35-,36+,37+,38-,39-/m1/s1. The molecule has 13 nitrogen and oxygen atoms in total. The van der Waals surface area contributed by atoms with Crippen molar-refractivity contribution in [2.24, 2.45) is 40.4 Å². The van der Waals surface area contributed by atoms with Crippen molar-refractivity contribution >= 4 is 0 Å². The van der Waals surface area contributed by atoms with Crippen molar-refractivity contribution < 1.29 is 64.2 Å². The topological polar surface area (TPSA) is 197 Å². The highest BCUT2D eigenvalue weighted by Crippen LogP contribution is 2.72. The average Bonchev–Trinajstić information content (AvgIpc) is 3.48. The largest absolute Gasteiger partial charge is 0.394 e. The van der Waals surface area contributed by atoms with Gasteiger partial charge in [0.15, 0.2) is 18.4 Å². The first-order valence-corrected chi connectivity index (χ1v) is 19.9. The molecule has 8 aliphatic rings. The Bertz CT molecular complexity index is 1350. The van der Waals surface area contributed by atoms with Gasteiger partial charge < -0.3 is 64.2 Å². The third-order valence-electron chi connectivity index (χ3n) is 15.8. The summed E-state index contributed by atoms with van der Waals surface area (Å²) in [6.07, 6.45) is -3.83. The number of hydrogen-bond acceptors (Lipinski definition) is 13. The summed E-state index contributed by atoms with van der Waals surface area (Å²) >= 11 is 0. The van der Waals surface area contributed by atoms with Gasteiger partial charge in [-0.15, -0.1) is 0 Å². The Morgan fingerprint density at radius 3 is 2.31 bits per heavy atom. The molecule has 8 rings (SSSR count). The second-order valence-corrected chi connectivity index (χ2v) is 18.4. The van der Waals surface area contributed by atoms with E-state index < -0.39 is 79.4 Å². The molecular weight excluding hydrogens is 676 g/mol. The summed E-state index contributed by atoms with van der Waals surface area (Å²) in [7, 11) is 0. The van der Waals surface area contributed by atoms with Gasteiger partial charge in [-0.2, -0.15) is 0 Å². The van der Waals surface area contributed by atoms with Crippen LogP contribution in [-0.2, 0) is 28.4 Å². The van der Waals surface area contributed by atoms with Crippen molar-refractivity contribution in [2.75, 3.05) is 13.2 Å². The summed E-state index contributed by atoms with van der Waals surface area (Å²) in [5.41, 5.74) is 0.0981. The van der Waals surface area contributed by atoms with Crippen LogP contribution >= 0.6 is 0 Å². The van der Waals surface area contributed by atoms with Crippen LogP contribution in [0.1, 0.15) is 92.4 Å². The maximum absolute atomic E-state index is 12.7. The lowest BCUT2D eigenvalue weighted by atomic mass is 9.46. The first kappa shape index (κ1) is 38.1. The fraction of sp³-hybridized carbons (Fsp3) is 0.949. The Balaban J connectivity index is 0.977. The van der Waals surface area contributed by atoms with Crippen LogP contribution in [0.3, 0.4) is 0 Å². The lowest BCUT2D eigenvalue weighted by molar-refractivity contribution is -0.369. The number of allylic oxidation sites excluding steroid dienone is 1. The van der Waals surface area contributed by atoms with Gasteiger partial charge in [0.25, 0.3) is 0 Å². The fourth-order valence-corrected chi connectivity index (χ4v) is 12.5. The Kier molecular flexibility index (Phi) is 9.83. The third kappa shape index (κ3) is 5.50. The molecule has 3 saturated carbocycles. The van der Waals surface area contributed by atoms with Gasteiger partial charge in [0, 0.05) is 17.8 Å². The van der Waals surface area contributed by atoms with Crippen LogP contribution in [0, 0.1) is 40.4 Å². The first-order chi connectivity index (χ1) is 24.6. The monoisotopic (exact) mass is 738 g/mol. The Morgan fingerprint density at radius 2 is 1.60 bits per heavy atom. The van der Waals surface area contributed by atoms with Gasteiger partial charge in [0.2, 0.25) is 0 Å². The van der Waals surface area contributed by atoms with Crippen LogP contribution < -0.4 is 0 Å². The molecule has 0 aromatic heterocycles. The van der Waals surface area contributed by atoms with Gasteiger partial charge in [-0.3, -0.25) is 0 Å². The molecule has 52 heavy (non-hydrogen) atoms. The van der Waals surface area contributed by atoms with Crippen molar-refractivity contribution in [3.05, 3.63) is 11.6 Å². The van der Waals surface area contributed by atoms with E-state index in [0.29, 0.717) is 43.1 Å². The molecule has 4 heterocycles. The summed E-state index contributed by atoms with van der Waals surface area (Å²) in [5.74, 6) is 0.929. The van der Waals surface area contributed by atoms with E-state index in [1.807, 2.05) is 0 Å². The molecule has 0 aromatic carbocycles. The van der Waals surface area contributed by atoms with E-state index in [1.165, 1.54) is 12.5 Å². The van der Waals surface area contributed by atoms with E-state index in [-0.39, 0.29) is 29.0 Å². The first-order valence-electron chi connectivity index (χ1n) is 19.9. The van der Waals surface area contributed by atoms with Gasteiger partial charge in [0.1, 0.15) is 48.3 Å². The highest BCUT2D eigenvalue weighted by Gasteiger charge is 2.76. The lowest BCUT2D eigenvalue weighted by Gasteiger charge is -2.60. The average molecular weight is 739 g/mol. The second-order valence-electron chi connectivity index (χ2n) is 18.4. The smallest absolute Gasteiger partial charge is 0.187 e. The van der Waals surface area contributed by atoms with Crippen molar-refractivity contribution in [1.82, 2.24) is 0 Å². The highest BCUT2D eigenvalue weighted by molar-refractivity contribution is 5.29. The molecule has 0 bridgehead atoms. The predicted octanol–water partition coefficient (Wildman–Crippen LogP) is 1.50. The minimum absolute atomic E-state index is 0.0411. The summed E-state index contributed by atoms with van der Waals surface area (Å²) in [5, 5.41) is 75.6. The molecule has 296 valence electrons. The van der Waals surface area contributed by atoms with Crippen LogP contribution in [0.4, 0.5) is 0 Å². The Hall–Kier alpha value is -0.780. The molecule has 7 fully saturated rings. The normalized spacial score (nSPS) is 58.9. The van der Waals surface area contributed by atoms with E-state index in [2.05, 4.69) is 33.8 Å². The molecule has 4 aliphatic heterocycles. The van der Waals surface area contributed by atoms with Gasteiger partial charge in [-0.1, -0.05) is 39.3 Å². The van der Waals surface area contributed by atoms with Crippen LogP contribution in [-0.4, -0.2) is 134 Å². The molecule has 21 atom stereocenters. The van der Waals surface area contributed by atoms with Crippen LogP contribution in [0.2, 0.25) is 0 Å². The number of hydrogen-bond donors (Lipinski definition) is 7. The Labute approximate surface area is 306 Å². The molecule has 1 spiro atoms. The zero-order valence-electron chi connectivity index (χ0n) is 31.3. The van der Waals surface area contributed by atoms with E-state index >= 15 is 0 Å². The van der Waals surface area contributed by atoms with Crippen LogP contribution in [0.5, 0.6) is 0 Å². The van der Waals surface area contributed by atoms with E-state index in [0.717, 1.165) is 44.9 Å². The van der Waals surface area contributed by atoms with Crippen molar-refractivity contribution in [3.8, 4) is 0 Å². The number of ether oxygens (including phenoxy) is 6. The predicted molar refractivity (Wildman–Crippen MR) is 183 cm³/mol. The Morgan fingerprint density at radius 1 is 0.827 bits per heavy atom. The highest BCUT2D eigenvalue weighted by atomic mass is 16.8. The summed E-state index contributed by atoms with van der Waals surface area (Å²) in [6.45, 7) is 10.7. The summed E-state index contributed by atoms with van der Waals surface area (Å²) in [6, 6.07) is 0. The van der Waals surface area contributed by atoms with Gasteiger partial charge in [0.05, 0.1) is 31.5 Å². The molecule has 0 radical (unpaired) electrons. The number of aliphatic hydroxyl groups excluding tert-OH is 6.